The van der Waals surface area contributed by atoms with Gasteiger partial charge < -0.3 is 14.4 Å². The molecule has 3 aliphatic rings. The van der Waals surface area contributed by atoms with E-state index in [1.807, 2.05) is 0 Å². The van der Waals surface area contributed by atoms with Crippen molar-refractivity contribution in [1.82, 2.24) is 14.7 Å². The molecule has 0 unspecified atom stereocenters. The zero-order valence-electron chi connectivity index (χ0n) is 16.3. The average Bonchev–Trinajstić information content (AvgIpc) is 3.13. The molecular weight excluding hydrogens is 413 g/mol. The number of carbonyl (C=O) groups excluding carboxylic acids is 1. The first-order chi connectivity index (χ1) is 14.5. The van der Waals surface area contributed by atoms with Crippen LogP contribution in [0.3, 0.4) is 0 Å². The van der Waals surface area contributed by atoms with E-state index in [9.17, 15) is 17.6 Å². The highest BCUT2D eigenvalue weighted by Crippen LogP contribution is 2.43. The first kappa shape index (κ1) is 19.7. The zero-order valence-corrected chi connectivity index (χ0v) is 17.2. The van der Waals surface area contributed by atoms with E-state index in [4.69, 9.17) is 9.47 Å². The van der Waals surface area contributed by atoms with Gasteiger partial charge in [0.15, 0.2) is 15.5 Å². The molecule has 5 rings (SSSR count). The molecule has 8 nitrogen and oxygen atoms in total. The Balaban J connectivity index is 1.71. The first-order valence-electron chi connectivity index (χ1n) is 10.0. The minimum atomic E-state index is -3.94. The number of carbonyl (C=O) groups is 1. The van der Waals surface area contributed by atoms with Crippen LogP contribution in [0.4, 0.5) is 4.39 Å². The van der Waals surface area contributed by atoms with Gasteiger partial charge in [-0.25, -0.2) is 12.8 Å². The molecule has 2 saturated heterocycles. The summed E-state index contributed by atoms with van der Waals surface area (Å²) in [6.07, 6.45) is 1.38. The van der Waals surface area contributed by atoms with Crippen LogP contribution in [-0.2, 0) is 25.1 Å². The number of rotatable bonds is 2. The molecular formula is C20H22FN3O5S. The van der Waals surface area contributed by atoms with Crippen molar-refractivity contribution in [2.45, 2.75) is 29.5 Å². The summed E-state index contributed by atoms with van der Waals surface area (Å²) in [5.74, 6) is -1.53. The number of hydrogen-bond acceptors (Lipinski definition) is 6. The predicted molar refractivity (Wildman–Crippen MR) is 104 cm³/mol. The van der Waals surface area contributed by atoms with E-state index < -0.39 is 21.4 Å². The molecule has 2 aromatic rings. The lowest BCUT2D eigenvalue weighted by molar-refractivity contribution is 0.0296. The van der Waals surface area contributed by atoms with Crippen LogP contribution in [0.5, 0.6) is 0 Å². The smallest absolute Gasteiger partial charge is 0.274 e. The minimum absolute atomic E-state index is 0.0457. The van der Waals surface area contributed by atoms with Gasteiger partial charge in [0, 0.05) is 37.4 Å². The number of hydrogen-bond donors (Lipinski definition) is 0. The molecule has 0 aliphatic carbocycles. The number of fused-ring (bicyclic) bond motifs is 3. The SMILES string of the molecule is O=C(c1nn(C2CCOCC2)c2c1CS(=O)(=O)c1c(F)cccc1-2)N1CCOCC1. The largest absolute Gasteiger partial charge is 0.381 e. The van der Waals surface area contributed by atoms with Crippen molar-refractivity contribution >= 4 is 15.7 Å². The monoisotopic (exact) mass is 435 g/mol. The second-order valence-corrected chi connectivity index (χ2v) is 9.67. The number of halogens is 1. The van der Waals surface area contributed by atoms with Crippen molar-refractivity contribution in [3.8, 4) is 11.3 Å². The molecule has 0 spiro atoms. The Morgan fingerprint density at radius 2 is 1.80 bits per heavy atom. The average molecular weight is 435 g/mol. The summed E-state index contributed by atoms with van der Waals surface area (Å²) in [5, 5.41) is 4.63. The van der Waals surface area contributed by atoms with E-state index in [1.54, 1.807) is 15.6 Å². The number of ether oxygens (including phenoxy) is 2. The molecule has 1 aromatic carbocycles. The van der Waals surface area contributed by atoms with Crippen LogP contribution in [0.15, 0.2) is 23.1 Å². The maximum Gasteiger partial charge on any atom is 0.274 e. The zero-order chi connectivity index (χ0) is 20.9. The molecule has 0 N–H and O–H groups in total. The standard InChI is InChI=1S/C20H22FN3O5S/c21-16-3-1-2-14-18-15(12-30(26,27)19(14)16)17(20(25)23-6-10-29-11-7-23)22-24(18)13-4-8-28-9-5-13/h1-3,13H,4-12H2. The molecule has 30 heavy (non-hydrogen) atoms. The van der Waals surface area contributed by atoms with Crippen molar-refractivity contribution in [3.05, 3.63) is 35.3 Å². The number of amides is 1. The minimum Gasteiger partial charge on any atom is -0.381 e. The van der Waals surface area contributed by atoms with Crippen LogP contribution >= 0.6 is 0 Å². The number of sulfone groups is 1. The molecule has 4 heterocycles. The Morgan fingerprint density at radius 1 is 1.10 bits per heavy atom. The van der Waals surface area contributed by atoms with Crippen LogP contribution in [-0.4, -0.2) is 68.5 Å². The lowest BCUT2D eigenvalue weighted by Gasteiger charge is -2.27. The van der Waals surface area contributed by atoms with Crippen LogP contribution in [0, 0.1) is 5.82 Å². The van der Waals surface area contributed by atoms with Gasteiger partial charge in [-0.05, 0) is 18.9 Å². The lowest BCUT2D eigenvalue weighted by atomic mass is 10.0. The van der Waals surface area contributed by atoms with Crippen LogP contribution < -0.4 is 0 Å². The molecule has 1 aromatic heterocycles. The third-order valence-corrected chi connectivity index (χ3v) is 7.62. The summed E-state index contributed by atoms with van der Waals surface area (Å²) < 4.78 is 53.0. The molecule has 0 atom stereocenters. The Hall–Kier alpha value is -2.30. The molecule has 0 radical (unpaired) electrons. The quantitative estimate of drug-likeness (QED) is 0.715. The van der Waals surface area contributed by atoms with Gasteiger partial charge in [-0.15, -0.1) is 0 Å². The Labute approximate surface area is 173 Å². The van der Waals surface area contributed by atoms with Gasteiger partial charge in [-0.2, -0.15) is 5.10 Å². The summed E-state index contributed by atoms with van der Waals surface area (Å²) in [5.41, 5.74) is 1.30. The second-order valence-electron chi connectivity index (χ2n) is 7.74. The Kier molecular flexibility index (Phi) is 4.87. The Bertz CT molecular complexity index is 1100. The number of aromatic nitrogens is 2. The van der Waals surface area contributed by atoms with E-state index in [-0.39, 0.29) is 28.1 Å². The third-order valence-electron chi connectivity index (χ3n) is 5.91. The highest BCUT2D eigenvalue weighted by Gasteiger charge is 2.40. The second kappa shape index (κ2) is 7.44. The highest BCUT2D eigenvalue weighted by atomic mass is 32.2. The van der Waals surface area contributed by atoms with Gasteiger partial charge in [-0.1, -0.05) is 12.1 Å². The fourth-order valence-corrected chi connectivity index (χ4v) is 6.11. The van der Waals surface area contributed by atoms with E-state index in [0.717, 1.165) is 6.07 Å². The van der Waals surface area contributed by atoms with E-state index in [0.29, 0.717) is 63.6 Å². The molecule has 2 fully saturated rings. The van der Waals surface area contributed by atoms with Crippen molar-refractivity contribution in [2.24, 2.45) is 0 Å². The predicted octanol–water partition coefficient (Wildman–Crippen LogP) is 1.80. The lowest BCUT2D eigenvalue weighted by Crippen LogP contribution is -2.41. The number of benzene rings is 1. The normalized spacial score (nSPS) is 21.2. The van der Waals surface area contributed by atoms with Crippen molar-refractivity contribution in [2.75, 3.05) is 39.5 Å². The Morgan fingerprint density at radius 3 is 2.53 bits per heavy atom. The van der Waals surface area contributed by atoms with Gasteiger partial charge in [0.25, 0.3) is 5.91 Å². The molecule has 0 saturated carbocycles. The molecule has 0 bridgehead atoms. The van der Waals surface area contributed by atoms with Gasteiger partial charge in [0.1, 0.15) is 10.7 Å². The van der Waals surface area contributed by atoms with E-state index in [2.05, 4.69) is 5.10 Å². The van der Waals surface area contributed by atoms with Crippen LogP contribution in [0.25, 0.3) is 11.3 Å². The van der Waals surface area contributed by atoms with Crippen LogP contribution in [0.2, 0.25) is 0 Å². The van der Waals surface area contributed by atoms with Crippen molar-refractivity contribution < 1.29 is 27.1 Å². The summed E-state index contributed by atoms with van der Waals surface area (Å²) in [6, 6.07) is 4.18. The van der Waals surface area contributed by atoms with Gasteiger partial charge in [0.05, 0.1) is 30.7 Å². The molecule has 3 aliphatic heterocycles. The highest BCUT2D eigenvalue weighted by molar-refractivity contribution is 7.91. The summed E-state index contributed by atoms with van der Waals surface area (Å²) in [6.45, 7) is 2.83. The number of morpholine rings is 1. The van der Waals surface area contributed by atoms with Crippen molar-refractivity contribution in [3.63, 3.8) is 0 Å². The van der Waals surface area contributed by atoms with E-state index in [1.165, 1.54) is 6.07 Å². The van der Waals surface area contributed by atoms with Crippen molar-refractivity contribution in [1.29, 1.82) is 0 Å². The summed E-state index contributed by atoms with van der Waals surface area (Å²) >= 11 is 0. The molecule has 10 heteroatoms. The maximum atomic E-state index is 14.6. The molecule has 1 amide bonds. The fraction of sp³-hybridized carbons (Fsp3) is 0.500. The topological polar surface area (TPSA) is 90.7 Å². The summed E-state index contributed by atoms with van der Waals surface area (Å²) in [7, 11) is -3.94. The third kappa shape index (κ3) is 3.14. The van der Waals surface area contributed by atoms with Gasteiger partial charge in [-0.3, -0.25) is 9.48 Å². The maximum absolute atomic E-state index is 14.6. The number of nitrogens with zero attached hydrogens (tertiary/aromatic N) is 3. The molecule has 160 valence electrons. The van der Waals surface area contributed by atoms with E-state index >= 15 is 0 Å². The first-order valence-corrected chi connectivity index (χ1v) is 11.7. The van der Waals surface area contributed by atoms with Crippen LogP contribution in [0.1, 0.15) is 34.9 Å². The van der Waals surface area contributed by atoms with Gasteiger partial charge >= 0.3 is 0 Å². The summed E-state index contributed by atoms with van der Waals surface area (Å²) in [4.78, 5) is 14.6. The fourth-order valence-electron chi connectivity index (χ4n) is 4.45. The van der Waals surface area contributed by atoms with Gasteiger partial charge in [0.2, 0.25) is 0 Å².